The lowest BCUT2D eigenvalue weighted by Crippen LogP contribution is -2.41. The van der Waals surface area contributed by atoms with Crippen LogP contribution in [-0.2, 0) is 11.3 Å². The third-order valence-corrected chi connectivity index (χ3v) is 3.71. The van der Waals surface area contributed by atoms with Crippen LogP contribution in [0.5, 0.6) is 0 Å². The van der Waals surface area contributed by atoms with Gasteiger partial charge in [0.1, 0.15) is 6.26 Å². The Morgan fingerprint density at radius 3 is 2.44 bits per heavy atom. The molecule has 0 aliphatic carbocycles. The van der Waals surface area contributed by atoms with Crippen LogP contribution < -0.4 is 16.0 Å². The zero-order valence-corrected chi connectivity index (χ0v) is 15.0. The summed E-state index contributed by atoms with van der Waals surface area (Å²) in [6.07, 6.45) is 1.60. The van der Waals surface area contributed by atoms with E-state index in [-0.39, 0.29) is 12.5 Å². The molecule has 7 heteroatoms. The predicted octanol–water partition coefficient (Wildman–Crippen LogP) is 2.65. The number of oxazole rings is 1. The normalized spacial score (nSPS) is 11.1. The van der Waals surface area contributed by atoms with Gasteiger partial charge in [-0.05, 0) is 24.3 Å². The molecule has 138 valence electrons. The first-order valence-electron chi connectivity index (χ1n) is 8.54. The molecular weight excluding hydrogens is 342 g/mol. The van der Waals surface area contributed by atoms with Gasteiger partial charge in [-0.15, -0.1) is 0 Å². The Kier molecular flexibility index (Phi) is 6.19. The van der Waals surface area contributed by atoms with Gasteiger partial charge in [0.05, 0.1) is 18.8 Å². The van der Waals surface area contributed by atoms with Crippen molar-refractivity contribution in [3.8, 4) is 11.5 Å². The quantitative estimate of drug-likeness (QED) is 0.463. The Hall–Kier alpha value is -3.61. The van der Waals surface area contributed by atoms with Crippen molar-refractivity contribution in [2.75, 3.05) is 18.9 Å². The second-order valence-corrected chi connectivity index (χ2v) is 5.70. The smallest absolute Gasteiger partial charge is 0.243 e. The molecule has 2 aromatic carbocycles. The summed E-state index contributed by atoms with van der Waals surface area (Å²) in [4.78, 5) is 20.5. The van der Waals surface area contributed by atoms with Crippen molar-refractivity contribution in [3.63, 3.8) is 0 Å². The Labute approximate surface area is 157 Å². The van der Waals surface area contributed by atoms with Gasteiger partial charge in [0, 0.05) is 18.3 Å². The van der Waals surface area contributed by atoms with Crippen LogP contribution in [0.2, 0.25) is 0 Å². The molecule has 1 amide bonds. The van der Waals surface area contributed by atoms with Crippen LogP contribution in [0.3, 0.4) is 0 Å². The number of guanidine groups is 1. The average Bonchev–Trinajstić information content (AvgIpc) is 3.19. The van der Waals surface area contributed by atoms with Gasteiger partial charge < -0.3 is 20.4 Å². The second-order valence-electron chi connectivity index (χ2n) is 5.70. The van der Waals surface area contributed by atoms with Crippen molar-refractivity contribution in [2.45, 2.75) is 6.54 Å². The lowest BCUT2D eigenvalue weighted by atomic mass is 10.2. The summed E-state index contributed by atoms with van der Waals surface area (Å²) in [7, 11) is 1.64. The van der Waals surface area contributed by atoms with E-state index in [9.17, 15) is 4.79 Å². The molecule has 27 heavy (non-hydrogen) atoms. The highest BCUT2D eigenvalue weighted by Crippen LogP contribution is 2.17. The molecule has 3 aromatic rings. The number of aromatic nitrogens is 1. The molecule has 0 saturated carbocycles. The standard InChI is InChI=1S/C20H21N5O2/c1-21-20(23-13-18(26)24-16-10-6-3-7-11-16)22-12-17-14-27-19(25-17)15-8-4-2-5-9-15/h2-11,14H,12-13H2,1H3,(H,24,26)(H2,21,22,23). The van der Waals surface area contributed by atoms with Gasteiger partial charge in [0.15, 0.2) is 5.96 Å². The monoisotopic (exact) mass is 363 g/mol. The second kappa shape index (κ2) is 9.19. The molecule has 3 rings (SSSR count). The molecule has 0 fully saturated rings. The first-order valence-corrected chi connectivity index (χ1v) is 8.54. The van der Waals surface area contributed by atoms with Crippen LogP contribution in [0.15, 0.2) is 76.3 Å². The van der Waals surface area contributed by atoms with Crippen LogP contribution in [0.25, 0.3) is 11.5 Å². The molecule has 0 aliphatic rings. The van der Waals surface area contributed by atoms with Crippen molar-refractivity contribution in [2.24, 2.45) is 4.99 Å². The largest absolute Gasteiger partial charge is 0.444 e. The van der Waals surface area contributed by atoms with Gasteiger partial charge in [0.2, 0.25) is 11.8 Å². The topological polar surface area (TPSA) is 91.5 Å². The van der Waals surface area contributed by atoms with Gasteiger partial charge in [-0.25, -0.2) is 4.98 Å². The minimum atomic E-state index is -0.156. The van der Waals surface area contributed by atoms with Gasteiger partial charge in [-0.3, -0.25) is 9.79 Å². The highest BCUT2D eigenvalue weighted by atomic mass is 16.3. The van der Waals surface area contributed by atoms with Gasteiger partial charge in [-0.2, -0.15) is 0 Å². The molecule has 0 spiro atoms. The Morgan fingerprint density at radius 2 is 1.74 bits per heavy atom. The fraction of sp³-hybridized carbons (Fsp3) is 0.150. The van der Waals surface area contributed by atoms with Crippen molar-refractivity contribution in [1.29, 1.82) is 0 Å². The van der Waals surface area contributed by atoms with Crippen LogP contribution in [-0.4, -0.2) is 30.4 Å². The Bertz CT molecular complexity index is 891. The molecule has 0 bridgehead atoms. The van der Waals surface area contributed by atoms with E-state index in [0.717, 1.165) is 16.9 Å². The number of benzene rings is 2. The maximum atomic E-state index is 12.0. The highest BCUT2D eigenvalue weighted by Gasteiger charge is 2.08. The third-order valence-electron chi connectivity index (χ3n) is 3.71. The van der Waals surface area contributed by atoms with Crippen molar-refractivity contribution in [3.05, 3.63) is 72.6 Å². The van der Waals surface area contributed by atoms with Gasteiger partial charge >= 0.3 is 0 Å². The molecule has 0 unspecified atom stereocenters. The number of nitrogens with zero attached hydrogens (tertiary/aromatic N) is 2. The summed E-state index contributed by atoms with van der Waals surface area (Å²) < 4.78 is 5.51. The maximum absolute atomic E-state index is 12.0. The summed E-state index contributed by atoms with van der Waals surface area (Å²) in [6.45, 7) is 0.527. The summed E-state index contributed by atoms with van der Waals surface area (Å²) >= 11 is 0. The van der Waals surface area contributed by atoms with Crippen LogP contribution in [0, 0.1) is 0 Å². The molecule has 0 aliphatic heterocycles. The van der Waals surface area contributed by atoms with E-state index in [1.165, 1.54) is 0 Å². The molecule has 0 saturated heterocycles. The number of carbonyl (C=O) groups is 1. The molecule has 3 N–H and O–H groups in total. The van der Waals surface area contributed by atoms with Crippen molar-refractivity contribution >= 4 is 17.6 Å². The highest BCUT2D eigenvalue weighted by molar-refractivity contribution is 5.94. The molecular formula is C20H21N5O2. The van der Waals surface area contributed by atoms with E-state index >= 15 is 0 Å². The zero-order valence-electron chi connectivity index (χ0n) is 15.0. The fourth-order valence-electron chi connectivity index (χ4n) is 2.39. The number of para-hydroxylation sites is 1. The Balaban J connectivity index is 1.47. The number of anilines is 1. The first kappa shape index (κ1) is 18.2. The summed E-state index contributed by atoms with van der Waals surface area (Å²) in [5.41, 5.74) is 2.41. The lowest BCUT2D eigenvalue weighted by Gasteiger charge is -2.11. The van der Waals surface area contributed by atoms with E-state index < -0.39 is 0 Å². The van der Waals surface area contributed by atoms with Crippen LogP contribution in [0.1, 0.15) is 5.69 Å². The van der Waals surface area contributed by atoms with Crippen LogP contribution in [0.4, 0.5) is 5.69 Å². The molecule has 1 aromatic heterocycles. The molecule has 0 atom stereocenters. The van der Waals surface area contributed by atoms with Crippen molar-refractivity contribution < 1.29 is 9.21 Å². The number of hydrogen-bond acceptors (Lipinski definition) is 4. The maximum Gasteiger partial charge on any atom is 0.243 e. The van der Waals surface area contributed by atoms with E-state index in [1.807, 2.05) is 60.7 Å². The van der Waals surface area contributed by atoms with E-state index in [4.69, 9.17) is 4.42 Å². The van der Waals surface area contributed by atoms with E-state index in [0.29, 0.717) is 18.4 Å². The van der Waals surface area contributed by atoms with E-state index in [2.05, 4.69) is 25.9 Å². The summed E-state index contributed by atoms with van der Waals surface area (Å²) in [6, 6.07) is 19.0. The average molecular weight is 363 g/mol. The molecule has 1 heterocycles. The number of aliphatic imine (C=N–C) groups is 1. The summed E-state index contributed by atoms with van der Waals surface area (Å²) in [5, 5.41) is 8.88. The van der Waals surface area contributed by atoms with Crippen LogP contribution >= 0.6 is 0 Å². The van der Waals surface area contributed by atoms with Gasteiger partial charge in [0.25, 0.3) is 0 Å². The minimum absolute atomic E-state index is 0.0998. The minimum Gasteiger partial charge on any atom is -0.444 e. The zero-order chi connectivity index (χ0) is 18.9. The van der Waals surface area contributed by atoms with Gasteiger partial charge in [-0.1, -0.05) is 36.4 Å². The van der Waals surface area contributed by atoms with Crippen molar-refractivity contribution in [1.82, 2.24) is 15.6 Å². The first-order chi connectivity index (χ1) is 13.2. The third kappa shape index (κ3) is 5.43. The number of rotatable bonds is 6. The predicted molar refractivity (Wildman–Crippen MR) is 105 cm³/mol. The number of carbonyl (C=O) groups excluding carboxylic acids is 1. The molecule has 7 nitrogen and oxygen atoms in total. The number of amides is 1. The SMILES string of the molecule is CN=C(NCC(=O)Nc1ccccc1)NCc1coc(-c2ccccc2)n1. The number of nitrogens with one attached hydrogen (secondary N) is 3. The molecule has 0 radical (unpaired) electrons. The van der Waals surface area contributed by atoms with E-state index in [1.54, 1.807) is 13.3 Å². The number of hydrogen-bond donors (Lipinski definition) is 3. The lowest BCUT2D eigenvalue weighted by molar-refractivity contribution is -0.115. The summed E-state index contributed by atoms with van der Waals surface area (Å²) in [5.74, 6) is 0.914. The Morgan fingerprint density at radius 1 is 1.04 bits per heavy atom. The fourth-order valence-corrected chi connectivity index (χ4v) is 2.39.